The summed E-state index contributed by atoms with van der Waals surface area (Å²) >= 11 is 0. The van der Waals surface area contributed by atoms with Gasteiger partial charge >= 0.3 is 6.09 Å². The van der Waals surface area contributed by atoms with Crippen molar-refractivity contribution in [2.75, 3.05) is 20.2 Å². The molecule has 1 rings (SSSR count). The van der Waals surface area contributed by atoms with E-state index in [1.807, 2.05) is 13.8 Å². The van der Waals surface area contributed by atoms with Crippen molar-refractivity contribution in [2.45, 2.75) is 20.3 Å². The minimum absolute atomic E-state index is 0.299. The van der Waals surface area contributed by atoms with Crippen LogP contribution in [0.25, 0.3) is 0 Å². The van der Waals surface area contributed by atoms with Gasteiger partial charge in [0.05, 0.1) is 7.11 Å². The van der Waals surface area contributed by atoms with E-state index in [9.17, 15) is 4.79 Å². The lowest BCUT2D eigenvalue weighted by molar-refractivity contribution is 0.117. The molecular formula is C7H16N2O2. The number of rotatable bonds is 0. The highest BCUT2D eigenvalue weighted by Gasteiger charge is 2.16. The summed E-state index contributed by atoms with van der Waals surface area (Å²) in [6, 6.07) is 0. The van der Waals surface area contributed by atoms with E-state index in [-0.39, 0.29) is 6.09 Å². The van der Waals surface area contributed by atoms with Crippen molar-refractivity contribution < 1.29 is 9.53 Å². The maximum Gasteiger partial charge on any atom is 0.423 e. The maximum atomic E-state index is 10.7. The Morgan fingerprint density at radius 2 is 2.18 bits per heavy atom. The van der Waals surface area contributed by atoms with Gasteiger partial charge in [-0.25, -0.2) is 15.2 Å². The van der Waals surface area contributed by atoms with Crippen molar-refractivity contribution in [1.82, 2.24) is 10.4 Å². The van der Waals surface area contributed by atoms with Crippen LogP contribution in [0.1, 0.15) is 20.3 Å². The van der Waals surface area contributed by atoms with E-state index in [0.29, 0.717) is 0 Å². The molecule has 1 aliphatic rings. The number of methoxy groups -OCH3 is 1. The highest BCUT2D eigenvalue weighted by Crippen LogP contribution is 1.96. The second kappa shape index (κ2) is 5.97. The van der Waals surface area contributed by atoms with Gasteiger partial charge in [-0.3, -0.25) is 0 Å². The normalized spacial score (nSPS) is 15.4. The van der Waals surface area contributed by atoms with Gasteiger partial charge in [0.15, 0.2) is 0 Å². The first-order chi connectivity index (χ1) is 5.34. The summed E-state index contributed by atoms with van der Waals surface area (Å²) in [5, 5.41) is 1.47. The second-order valence-electron chi connectivity index (χ2n) is 1.88. The zero-order valence-corrected chi connectivity index (χ0v) is 7.39. The van der Waals surface area contributed by atoms with Crippen molar-refractivity contribution >= 4 is 6.09 Å². The Morgan fingerprint density at radius 1 is 1.55 bits per heavy atom. The summed E-state index contributed by atoms with van der Waals surface area (Å²) in [4.78, 5) is 10.7. The standard InChI is InChI=1S/C5H10N2O2.C2H6/c1-9-5(8)7-4-2-3-6-7;1-2/h6H,2-4H2,1H3;1-2H3. The number of carbonyl (C=O) groups excluding carboxylic acids is 1. The van der Waals surface area contributed by atoms with Crippen LogP contribution in [0.2, 0.25) is 0 Å². The average Bonchev–Trinajstić information content (AvgIpc) is 2.59. The van der Waals surface area contributed by atoms with Crippen molar-refractivity contribution in [3.05, 3.63) is 0 Å². The Hall–Kier alpha value is -0.770. The summed E-state index contributed by atoms with van der Waals surface area (Å²) in [5.41, 5.74) is 2.87. The SMILES string of the molecule is CC.COC(=O)N1CCCN1. The van der Waals surface area contributed by atoms with Crippen LogP contribution in [0.4, 0.5) is 4.79 Å². The molecule has 4 heteroatoms. The van der Waals surface area contributed by atoms with Crippen LogP contribution in [0.5, 0.6) is 0 Å². The van der Waals surface area contributed by atoms with Gasteiger partial charge in [-0.15, -0.1) is 0 Å². The Kier molecular flexibility index (Phi) is 5.56. The Bertz CT molecular complexity index is 111. The van der Waals surface area contributed by atoms with Crippen molar-refractivity contribution in [2.24, 2.45) is 0 Å². The van der Waals surface area contributed by atoms with E-state index >= 15 is 0 Å². The van der Waals surface area contributed by atoms with Gasteiger partial charge in [-0.05, 0) is 6.42 Å². The zero-order chi connectivity index (χ0) is 8.69. The van der Waals surface area contributed by atoms with Gasteiger partial charge < -0.3 is 4.74 Å². The fraction of sp³-hybridized carbons (Fsp3) is 0.857. The first-order valence-electron chi connectivity index (χ1n) is 3.93. The van der Waals surface area contributed by atoms with Gasteiger partial charge in [0.1, 0.15) is 0 Å². The van der Waals surface area contributed by atoms with Gasteiger partial charge in [0.2, 0.25) is 0 Å². The van der Waals surface area contributed by atoms with Gasteiger partial charge in [0.25, 0.3) is 0 Å². The number of nitrogens with zero attached hydrogens (tertiary/aromatic N) is 1. The highest BCUT2D eigenvalue weighted by atomic mass is 16.5. The van der Waals surface area contributed by atoms with Crippen LogP contribution in [0, 0.1) is 0 Å². The summed E-state index contributed by atoms with van der Waals surface area (Å²) in [6.07, 6.45) is 0.710. The molecule has 1 N–H and O–H groups in total. The molecule has 0 unspecified atom stereocenters. The summed E-state index contributed by atoms with van der Waals surface area (Å²) < 4.78 is 4.46. The molecule has 0 saturated carbocycles. The third-order valence-electron chi connectivity index (χ3n) is 1.26. The van der Waals surface area contributed by atoms with Crippen LogP contribution in [0.15, 0.2) is 0 Å². The van der Waals surface area contributed by atoms with Crippen LogP contribution < -0.4 is 5.43 Å². The predicted octanol–water partition coefficient (Wildman–Crippen LogP) is 0.989. The predicted molar refractivity (Wildman–Crippen MR) is 43.1 cm³/mol. The van der Waals surface area contributed by atoms with E-state index in [4.69, 9.17) is 0 Å². The fourth-order valence-electron chi connectivity index (χ4n) is 0.796. The van der Waals surface area contributed by atoms with E-state index in [1.165, 1.54) is 12.1 Å². The molecular weight excluding hydrogens is 144 g/mol. The Balaban J connectivity index is 0.000000461. The molecule has 1 heterocycles. The Morgan fingerprint density at radius 3 is 2.55 bits per heavy atom. The number of hydrogen-bond acceptors (Lipinski definition) is 3. The average molecular weight is 160 g/mol. The summed E-state index contributed by atoms with van der Waals surface area (Å²) in [5.74, 6) is 0. The smallest absolute Gasteiger partial charge is 0.423 e. The van der Waals surface area contributed by atoms with Crippen LogP contribution in [-0.4, -0.2) is 31.3 Å². The monoisotopic (exact) mass is 160 g/mol. The van der Waals surface area contributed by atoms with Crippen LogP contribution >= 0.6 is 0 Å². The maximum absolute atomic E-state index is 10.7. The minimum Gasteiger partial charge on any atom is -0.452 e. The number of carbonyl (C=O) groups is 1. The largest absolute Gasteiger partial charge is 0.452 e. The fourth-order valence-corrected chi connectivity index (χ4v) is 0.796. The number of amides is 1. The molecule has 1 amide bonds. The lowest BCUT2D eigenvalue weighted by atomic mass is 10.5. The van der Waals surface area contributed by atoms with E-state index in [0.717, 1.165) is 19.5 Å². The highest BCUT2D eigenvalue weighted by molar-refractivity contribution is 5.66. The Labute approximate surface area is 67.5 Å². The molecule has 1 saturated heterocycles. The number of hydrogen-bond donors (Lipinski definition) is 1. The molecule has 1 aliphatic heterocycles. The van der Waals surface area contributed by atoms with Crippen molar-refractivity contribution in [3.63, 3.8) is 0 Å². The number of hydrazine groups is 1. The van der Waals surface area contributed by atoms with Crippen LogP contribution in [0.3, 0.4) is 0 Å². The summed E-state index contributed by atoms with van der Waals surface area (Å²) in [6.45, 7) is 5.63. The van der Waals surface area contributed by atoms with Crippen molar-refractivity contribution in [1.29, 1.82) is 0 Å². The molecule has 0 spiro atoms. The van der Waals surface area contributed by atoms with Crippen LogP contribution in [-0.2, 0) is 4.74 Å². The number of ether oxygens (including phenoxy) is 1. The molecule has 0 aromatic heterocycles. The first-order valence-corrected chi connectivity index (χ1v) is 3.93. The third-order valence-corrected chi connectivity index (χ3v) is 1.26. The van der Waals surface area contributed by atoms with E-state index in [1.54, 1.807) is 0 Å². The molecule has 0 aromatic carbocycles. The molecule has 11 heavy (non-hydrogen) atoms. The molecule has 0 aliphatic carbocycles. The topological polar surface area (TPSA) is 41.6 Å². The molecule has 0 bridgehead atoms. The van der Waals surface area contributed by atoms with Gasteiger partial charge in [-0.2, -0.15) is 0 Å². The molecule has 0 radical (unpaired) electrons. The molecule has 0 aromatic rings. The van der Waals surface area contributed by atoms with Gasteiger partial charge in [0, 0.05) is 13.1 Å². The van der Waals surface area contributed by atoms with Crippen molar-refractivity contribution in [3.8, 4) is 0 Å². The summed E-state index contributed by atoms with van der Waals surface area (Å²) in [7, 11) is 1.38. The van der Waals surface area contributed by atoms with Gasteiger partial charge in [-0.1, -0.05) is 13.8 Å². The molecule has 0 atom stereocenters. The molecule has 66 valence electrons. The molecule has 4 nitrogen and oxygen atoms in total. The molecule has 1 fully saturated rings. The van der Waals surface area contributed by atoms with E-state index in [2.05, 4.69) is 10.2 Å². The van der Waals surface area contributed by atoms with E-state index < -0.39 is 0 Å². The zero-order valence-electron chi connectivity index (χ0n) is 7.39. The third kappa shape index (κ3) is 3.23. The second-order valence-corrected chi connectivity index (χ2v) is 1.88. The lowest BCUT2D eigenvalue weighted by Crippen LogP contribution is -2.36. The lowest BCUT2D eigenvalue weighted by Gasteiger charge is -2.12. The quantitative estimate of drug-likeness (QED) is 0.574. The minimum atomic E-state index is -0.299. The number of nitrogens with one attached hydrogen (secondary N) is 1. The first kappa shape index (κ1) is 10.2.